The molecule has 3 nitrogen and oxygen atoms in total. The molecule has 258 valence electrons. The van der Waals surface area contributed by atoms with E-state index in [1.807, 2.05) is 0 Å². The lowest BCUT2D eigenvalue weighted by atomic mass is 9.60. The fraction of sp³-hybridized carbons (Fsp3) is 0.245. The van der Waals surface area contributed by atoms with Gasteiger partial charge in [-0.2, -0.15) is 4.57 Å². The van der Waals surface area contributed by atoms with Crippen LogP contribution in [0.5, 0.6) is 0 Å². The maximum atomic E-state index is 5.20. The van der Waals surface area contributed by atoms with E-state index in [9.17, 15) is 0 Å². The van der Waals surface area contributed by atoms with Gasteiger partial charge in [0.1, 0.15) is 0 Å². The molecule has 7 aromatic rings. The van der Waals surface area contributed by atoms with Gasteiger partial charge in [-0.3, -0.25) is 0 Å². The number of rotatable bonds is 9. The fourth-order valence-corrected chi connectivity index (χ4v) is 8.53. The van der Waals surface area contributed by atoms with Gasteiger partial charge in [0.2, 0.25) is 5.69 Å². The van der Waals surface area contributed by atoms with Gasteiger partial charge < -0.3 is 0 Å². The van der Waals surface area contributed by atoms with Crippen molar-refractivity contribution in [2.45, 2.75) is 77.7 Å². The molecule has 0 fully saturated rings. The van der Waals surface area contributed by atoms with Gasteiger partial charge in [0, 0.05) is 36.1 Å². The molecule has 2 aromatic heterocycles. The third-order valence-electron chi connectivity index (χ3n) is 12.2. The Hall–Kier alpha value is -5.41. The molecule has 0 amide bonds. The summed E-state index contributed by atoms with van der Waals surface area (Å²) in [7, 11) is 0. The summed E-state index contributed by atoms with van der Waals surface area (Å²) in [4.78, 5) is 10.4. The predicted octanol–water partition coefficient (Wildman–Crippen LogP) is 12.4. The molecule has 52 heavy (non-hydrogen) atoms. The average molecular weight is 679 g/mol. The van der Waals surface area contributed by atoms with Crippen LogP contribution in [0.15, 0.2) is 140 Å². The molecule has 0 bridgehead atoms. The first-order valence-corrected chi connectivity index (χ1v) is 19.1. The number of fused-ring (bicyclic) bond motifs is 5. The topological polar surface area (TPSA) is 29.7 Å². The van der Waals surface area contributed by atoms with Crippen LogP contribution in [0.1, 0.15) is 71.4 Å². The van der Waals surface area contributed by atoms with Crippen molar-refractivity contribution >= 4 is 10.8 Å². The minimum absolute atomic E-state index is 0.0338. The smallest absolute Gasteiger partial charge is 0.221 e. The molecule has 2 atom stereocenters. The molecule has 3 heteroatoms. The second-order valence-corrected chi connectivity index (χ2v) is 14.9. The van der Waals surface area contributed by atoms with Crippen molar-refractivity contribution in [3.63, 3.8) is 0 Å². The molecule has 1 aliphatic heterocycles. The van der Waals surface area contributed by atoms with E-state index in [4.69, 9.17) is 9.97 Å². The van der Waals surface area contributed by atoms with E-state index in [1.165, 1.54) is 51.6 Å². The van der Waals surface area contributed by atoms with Crippen molar-refractivity contribution in [1.82, 2.24) is 9.97 Å². The Morgan fingerprint density at radius 2 is 1.23 bits per heavy atom. The third-order valence-corrected chi connectivity index (χ3v) is 12.2. The van der Waals surface area contributed by atoms with Crippen molar-refractivity contribution in [3.05, 3.63) is 151 Å². The van der Waals surface area contributed by atoms with E-state index >= 15 is 0 Å². The quantitative estimate of drug-likeness (QED) is 0.142. The maximum absolute atomic E-state index is 5.20. The zero-order valence-electron chi connectivity index (χ0n) is 31.2. The lowest BCUT2D eigenvalue weighted by molar-refractivity contribution is -0.764. The van der Waals surface area contributed by atoms with Crippen LogP contribution in [0, 0.1) is 0 Å². The molecule has 3 heterocycles. The molecule has 2 unspecified atom stereocenters. The summed E-state index contributed by atoms with van der Waals surface area (Å²) in [5.74, 6) is 0.732. The number of hydrogen-bond acceptors (Lipinski definition) is 2. The number of unbranched alkanes of at least 4 members (excludes halogenated alkanes) is 1. The third kappa shape index (κ3) is 5.64. The van der Waals surface area contributed by atoms with Gasteiger partial charge in [-0.1, -0.05) is 130 Å². The van der Waals surface area contributed by atoms with Gasteiger partial charge in [0.25, 0.3) is 0 Å². The normalized spacial score (nSPS) is 17.9. The molecule has 0 N–H and O–H groups in total. The van der Waals surface area contributed by atoms with Gasteiger partial charge in [0.15, 0.2) is 17.6 Å². The van der Waals surface area contributed by atoms with Crippen LogP contribution >= 0.6 is 0 Å². The Balaban J connectivity index is 1.26. The van der Waals surface area contributed by atoms with Crippen LogP contribution in [0.4, 0.5) is 0 Å². The maximum Gasteiger partial charge on any atom is 0.221 e. The number of hydrogen-bond donors (Lipinski definition) is 0. The highest BCUT2D eigenvalue weighted by Gasteiger charge is 2.56. The first kappa shape index (κ1) is 33.7. The summed E-state index contributed by atoms with van der Waals surface area (Å²) < 4.78 is 2.59. The average Bonchev–Trinajstić information content (AvgIpc) is 3.21. The lowest BCUT2D eigenvalue weighted by Crippen LogP contribution is -2.67. The van der Waals surface area contributed by atoms with E-state index in [0.29, 0.717) is 0 Å². The van der Waals surface area contributed by atoms with Crippen molar-refractivity contribution < 1.29 is 4.57 Å². The highest BCUT2D eigenvalue weighted by atomic mass is 15.1. The molecule has 0 spiro atoms. The van der Waals surface area contributed by atoms with E-state index in [-0.39, 0.29) is 11.0 Å². The van der Waals surface area contributed by atoms with Crippen molar-refractivity contribution in [3.8, 4) is 56.3 Å². The SMILES string of the molecule is CCCCc1ccc(-c2cc(-c3ccccc3)nc(-c3cccc(-c4ccc5c(c4)-c4c6ccccc6cc[n+]4C(C)(CC)C5(C)CC)c3)n2)cc1. The second-order valence-electron chi connectivity index (χ2n) is 14.9. The van der Waals surface area contributed by atoms with Gasteiger partial charge in [-0.15, -0.1) is 0 Å². The first-order valence-electron chi connectivity index (χ1n) is 19.1. The summed E-state index contributed by atoms with van der Waals surface area (Å²) in [6, 6.07) is 48.6. The van der Waals surface area contributed by atoms with Gasteiger partial charge in [-0.25, -0.2) is 9.97 Å². The Morgan fingerprint density at radius 1 is 0.577 bits per heavy atom. The molecule has 0 saturated carbocycles. The minimum Gasteiger partial charge on any atom is -0.228 e. The standard InChI is InChI=1S/C49H48N3/c1-6-9-16-34-23-25-37(26-24-34)45-33-44(36-18-11-10-12-19-36)50-47(51-45)40-21-15-20-38(31-40)39-27-28-43-42(32-39)46-41-22-14-13-17-35(41)29-30-52(46)49(5,8-3)48(43,4)7-2/h10-15,17-33H,6-9,16H2,1-5H3/q+1. The molecule has 8 rings (SSSR count). The van der Waals surface area contributed by atoms with E-state index < -0.39 is 0 Å². The highest BCUT2D eigenvalue weighted by molar-refractivity contribution is 5.95. The molecule has 1 aliphatic rings. The predicted molar refractivity (Wildman–Crippen MR) is 217 cm³/mol. The highest BCUT2D eigenvalue weighted by Crippen LogP contribution is 2.51. The van der Waals surface area contributed by atoms with Crippen molar-refractivity contribution in [2.75, 3.05) is 0 Å². The summed E-state index contributed by atoms with van der Waals surface area (Å²) >= 11 is 0. The number of pyridine rings is 1. The van der Waals surface area contributed by atoms with Crippen molar-refractivity contribution in [2.24, 2.45) is 0 Å². The Labute approximate surface area is 309 Å². The van der Waals surface area contributed by atoms with Gasteiger partial charge in [-0.05, 0) is 78.1 Å². The first-order chi connectivity index (χ1) is 25.4. The summed E-state index contributed by atoms with van der Waals surface area (Å²) in [6.45, 7) is 11.8. The Bertz CT molecular complexity index is 2390. The van der Waals surface area contributed by atoms with Crippen LogP contribution in [0.2, 0.25) is 0 Å². The monoisotopic (exact) mass is 678 g/mol. The fourth-order valence-electron chi connectivity index (χ4n) is 8.53. The van der Waals surface area contributed by atoms with Crippen LogP contribution < -0.4 is 4.57 Å². The van der Waals surface area contributed by atoms with Crippen LogP contribution in [0.3, 0.4) is 0 Å². The molecular formula is C49H48N3+. The van der Waals surface area contributed by atoms with E-state index in [0.717, 1.165) is 58.7 Å². The Kier molecular flexibility index (Phi) is 8.83. The lowest BCUT2D eigenvalue weighted by Gasteiger charge is -2.46. The summed E-state index contributed by atoms with van der Waals surface area (Å²) in [5.41, 5.74) is 12.7. The van der Waals surface area contributed by atoms with Gasteiger partial charge in [0.05, 0.1) is 27.8 Å². The molecular weight excluding hydrogens is 631 g/mol. The van der Waals surface area contributed by atoms with E-state index in [1.54, 1.807) is 0 Å². The van der Waals surface area contributed by atoms with Crippen LogP contribution in [-0.2, 0) is 17.4 Å². The largest absolute Gasteiger partial charge is 0.228 e. The zero-order chi connectivity index (χ0) is 35.9. The van der Waals surface area contributed by atoms with Gasteiger partial charge >= 0.3 is 0 Å². The molecule has 5 aromatic carbocycles. The molecule has 0 aliphatic carbocycles. The number of aryl methyl sites for hydroxylation is 1. The number of nitrogens with zero attached hydrogens (tertiary/aromatic N) is 3. The van der Waals surface area contributed by atoms with E-state index in [2.05, 4.69) is 179 Å². The van der Waals surface area contributed by atoms with Crippen LogP contribution in [-0.4, -0.2) is 9.97 Å². The molecule has 0 saturated heterocycles. The minimum atomic E-state index is -0.0653. The number of aromatic nitrogens is 3. The molecule has 0 radical (unpaired) electrons. The zero-order valence-corrected chi connectivity index (χ0v) is 31.2. The second kappa shape index (κ2) is 13.6. The van der Waals surface area contributed by atoms with Crippen LogP contribution in [0.25, 0.3) is 67.1 Å². The summed E-state index contributed by atoms with van der Waals surface area (Å²) in [6.07, 6.45) is 7.93. The summed E-state index contributed by atoms with van der Waals surface area (Å²) in [5, 5.41) is 2.57. The Morgan fingerprint density at radius 3 is 1.96 bits per heavy atom. The van der Waals surface area contributed by atoms with Crippen molar-refractivity contribution in [1.29, 1.82) is 0 Å². The number of benzene rings is 5.